The van der Waals surface area contributed by atoms with E-state index in [4.69, 9.17) is 28.4 Å². The highest BCUT2D eigenvalue weighted by Crippen LogP contribution is 2.40. The van der Waals surface area contributed by atoms with E-state index < -0.39 is 92.5 Å². The van der Waals surface area contributed by atoms with Crippen LogP contribution in [0.3, 0.4) is 0 Å². The quantitative estimate of drug-likeness (QED) is 0.0226. The Morgan fingerprint density at radius 2 is 0.871 bits per heavy atom. The SMILES string of the molecule is CCCCCCCCCCCC(=O)OCC1(OC2OC(CO)C(O)C(O)C2O)OC(CO)C(OC(=O)CCCCCCCCCCC)C1OC(=O)CCCCCCCCCCC. The van der Waals surface area contributed by atoms with Crippen molar-refractivity contribution in [2.45, 2.75) is 268 Å². The van der Waals surface area contributed by atoms with Crippen LogP contribution in [0.25, 0.3) is 0 Å². The molecule has 2 heterocycles. The lowest BCUT2D eigenvalue weighted by atomic mass is 9.98. The van der Waals surface area contributed by atoms with Crippen LogP contribution < -0.4 is 0 Å². The normalized spacial score (nSPS) is 26.1. The number of hydrogen-bond donors (Lipinski definition) is 5. The van der Waals surface area contributed by atoms with Gasteiger partial charge in [-0.05, 0) is 19.3 Å². The molecule has 364 valence electrons. The highest BCUT2D eigenvalue weighted by Gasteiger charge is 2.63. The van der Waals surface area contributed by atoms with Crippen LogP contribution >= 0.6 is 0 Å². The molecule has 0 aromatic carbocycles. The Balaban J connectivity index is 2.27. The zero-order valence-corrected chi connectivity index (χ0v) is 38.9. The minimum absolute atomic E-state index is 0.0176. The fourth-order valence-electron chi connectivity index (χ4n) is 8.28. The molecule has 0 aliphatic carbocycles. The number of unbranched alkanes of at least 4 members (excludes halogenated alkanes) is 24. The number of aliphatic hydroxyl groups is 5. The maximum atomic E-state index is 13.6. The largest absolute Gasteiger partial charge is 0.460 e. The number of esters is 3. The summed E-state index contributed by atoms with van der Waals surface area (Å²) in [5.74, 6) is -4.18. The van der Waals surface area contributed by atoms with Crippen LogP contribution in [0.15, 0.2) is 0 Å². The van der Waals surface area contributed by atoms with Crippen LogP contribution in [0.5, 0.6) is 0 Å². The van der Waals surface area contributed by atoms with Gasteiger partial charge in [-0.25, -0.2) is 0 Å². The lowest BCUT2D eigenvalue weighted by Crippen LogP contribution is -2.63. The van der Waals surface area contributed by atoms with Crippen LogP contribution in [0.4, 0.5) is 0 Å². The van der Waals surface area contributed by atoms with Crippen LogP contribution in [0.1, 0.15) is 213 Å². The molecule has 2 aliphatic rings. The van der Waals surface area contributed by atoms with Gasteiger partial charge in [0.2, 0.25) is 5.79 Å². The zero-order valence-electron chi connectivity index (χ0n) is 38.9. The predicted molar refractivity (Wildman–Crippen MR) is 236 cm³/mol. The highest BCUT2D eigenvalue weighted by molar-refractivity contribution is 5.71. The Bertz CT molecular complexity index is 1150. The van der Waals surface area contributed by atoms with Gasteiger partial charge in [0, 0.05) is 19.3 Å². The molecule has 0 spiro atoms. The average molecular weight is 889 g/mol. The van der Waals surface area contributed by atoms with E-state index in [9.17, 15) is 39.9 Å². The molecular formula is C48H88O14. The first kappa shape index (κ1) is 56.2. The molecule has 14 heteroatoms. The topological polar surface area (TPSA) is 208 Å². The molecule has 0 amide bonds. The minimum atomic E-state index is -2.31. The fourth-order valence-corrected chi connectivity index (χ4v) is 8.28. The molecule has 0 saturated carbocycles. The Hall–Kier alpha value is -1.91. The van der Waals surface area contributed by atoms with Crippen molar-refractivity contribution in [2.24, 2.45) is 0 Å². The van der Waals surface area contributed by atoms with Gasteiger partial charge in [0.15, 0.2) is 18.5 Å². The van der Waals surface area contributed by atoms with E-state index in [1.54, 1.807) is 0 Å². The molecule has 2 fully saturated rings. The van der Waals surface area contributed by atoms with Gasteiger partial charge in [-0.3, -0.25) is 14.4 Å². The summed E-state index contributed by atoms with van der Waals surface area (Å²) in [4.78, 5) is 40.3. The first-order valence-corrected chi connectivity index (χ1v) is 24.9. The van der Waals surface area contributed by atoms with Gasteiger partial charge in [-0.1, -0.05) is 175 Å². The number of aliphatic hydroxyl groups excluding tert-OH is 5. The molecule has 0 bridgehead atoms. The molecule has 0 aromatic rings. The Kier molecular flexibility index (Phi) is 31.2. The second-order valence-corrected chi connectivity index (χ2v) is 17.7. The summed E-state index contributed by atoms with van der Waals surface area (Å²) in [6.07, 6.45) is 15.4. The number of hydrogen-bond acceptors (Lipinski definition) is 14. The molecule has 2 rings (SSSR count). The van der Waals surface area contributed by atoms with Gasteiger partial charge in [0.25, 0.3) is 0 Å². The molecule has 62 heavy (non-hydrogen) atoms. The zero-order chi connectivity index (χ0) is 45.4. The van der Waals surface area contributed by atoms with Gasteiger partial charge >= 0.3 is 17.9 Å². The molecule has 14 nitrogen and oxygen atoms in total. The van der Waals surface area contributed by atoms with Crippen molar-refractivity contribution in [3.63, 3.8) is 0 Å². The summed E-state index contributed by atoms with van der Waals surface area (Å²) in [6.45, 7) is 4.37. The van der Waals surface area contributed by atoms with Crippen molar-refractivity contribution < 1.29 is 68.3 Å². The van der Waals surface area contributed by atoms with Gasteiger partial charge in [0.05, 0.1) is 13.2 Å². The third-order valence-electron chi connectivity index (χ3n) is 12.2. The molecule has 9 unspecified atom stereocenters. The smallest absolute Gasteiger partial charge is 0.306 e. The van der Waals surface area contributed by atoms with E-state index in [0.29, 0.717) is 19.3 Å². The minimum Gasteiger partial charge on any atom is -0.460 e. The third kappa shape index (κ3) is 21.8. The molecule has 0 radical (unpaired) electrons. The summed E-state index contributed by atoms with van der Waals surface area (Å²) in [5, 5.41) is 52.7. The fraction of sp³-hybridized carbons (Fsp3) is 0.938. The second-order valence-electron chi connectivity index (χ2n) is 17.7. The van der Waals surface area contributed by atoms with Crippen molar-refractivity contribution in [1.82, 2.24) is 0 Å². The number of ether oxygens (including phenoxy) is 6. The van der Waals surface area contributed by atoms with Gasteiger partial charge in [0.1, 0.15) is 37.1 Å². The molecule has 2 saturated heterocycles. The van der Waals surface area contributed by atoms with Crippen LogP contribution in [0.2, 0.25) is 0 Å². The number of rotatable bonds is 38. The molecule has 9 atom stereocenters. The monoisotopic (exact) mass is 889 g/mol. The van der Waals surface area contributed by atoms with E-state index in [1.165, 1.54) is 77.0 Å². The van der Waals surface area contributed by atoms with E-state index >= 15 is 0 Å². The Labute approximate surface area is 373 Å². The van der Waals surface area contributed by atoms with Crippen molar-refractivity contribution in [1.29, 1.82) is 0 Å². The van der Waals surface area contributed by atoms with Gasteiger partial charge < -0.3 is 54.0 Å². The van der Waals surface area contributed by atoms with E-state index in [0.717, 1.165) is 77.0 Å². The molecule has 2 aliphatic heterocycles. The van der Waals surface area contributed by atoms with E-state index in [-0.39, 0.29) is 19.3 Å². The van der Waals surface area contributed by atoms with Crippen molar-refractivity contribution in [2.75, 3.05) is 19.8 Å². The Morgan fingerprint density at radius 1 is 0.484 bits per heavy atom. The first-order chi connectivity index (χ1) is 30.1. The summed E-state index contributed by atoms with van der Waals surface area (Å²) < 4.78 is 35.9. The highest BCUT2D eigenvalue weighted by atomic mass is 16.8. The van der Waals surface area contributed by atoms with Gasteiger partial charge in [-0.2, -0.15) is 0 Å². The Morgan fingerprint density at radius 3 is 1.29 bits per heavy atom. The van der Waals surface area contributed by atoms with Crippen molar-refractivity contribution in [3.8, 4) is 0 Å². The van der Waals surface area contributed by atoms with Crippen LogP contribution in [-0.4, -0.2) is 118 Å². The molecule has 5 N–H and O–H groups in total. The van der Waals surface area contributed by atoms with Crippen LogP contribution in [0, 0.1) is 0 Å². The summed E-state index contributed by atoms with van der Waals surface area (Å²) in [6, 6.07) is 0. The summed E-state index contributed by atoms with van der Waals surface area (Å²) in [7, 11) is 0. The van der Waals surface area contributed by atoms with E-state index in [1.807, 2.05) is 0 Å². The summed E-state index contributed by atoms with van der Waals surface area (Å²) in [5.41, 5.74) is 0. The number of carbonyl (C=O) groups excluding carboxylic acids is 3. The maximum Gasteiger partial charge on any atom is 0.306 e. The average Bonchev–Trinajstić information content (AvgIpc) is 3.54. The second kappa shape index (κ2) is 34.4. The van der Waals surface area contributed by atoms with E-state index in [2.05, 4.69) is 20.8 Å². The molecule has 0 aromatic heterocycles. The lowest BCUT2D eigenvalue weighted by molar-refractivity contribution is -0.384. The third-order valence-corrected chi connectivity index (χ3v) is 12.2. The van der Waals surface area contributed by atoms with Crippen molar-refractivity contribution in [3.05, 3.63) is 0 Å². The van der Waals surface area contributed by atoms with Crippen molar-refractivity contribution >= 4 is 17.9 Å². The van der Waals surface area contributed by atoms with Gasteiger partial charge in [-0.15, -0.1) is 0 Å². The van der Waals surface area contributed by atoms with Crippen LogP contribution in [-0.2, 0) is 42.8 Å². The molecular weight excluding hydrogens is 801 g/mol. The number of carbonyl (C=O) groups is 3. The summed E-state index contributed by atoms with van der Waals surface area (Å²) >= 11 is 0. The maximum absolute atomic E-state index is 13.6. The predicted octanol–water partition coefficient (Wildman–Crippen LogP) is 8.02. The lowest BCUT2D eigenvalue weighted by Gasteiger charge is -2.43. The first-order valence-electron chi connectivity index (χ1n) is 24.9. The standard InChI is InChI=1S/C48H88O14/c1-4-7-10-13-16-19-22-25-28-31-39(51)57-36-48(62-47-44(56)43(55)42(54)37(34-49)58-47)46(60-41(53)33-30-27-24-21-18-15-12-9-6-3)45(38(35-50)61-48)59-40(52)32-29-26-23-20-17-14-11-8-5-2/h37-38,42-47,49-50,54-56H,4-36H2,1-3H3.